The summed E-state index contributed by atoms with van der Waals surface area (Å²) < 4.78 is 34.7. The molecule has 0 saturated carbocycles. The molecule has 0 fully saturated rings. The van der Waals surface area contributed by atoms with Gasteiger partial charge >= 0.3 is 5.97 Å². The zero-order valence-electron chi connectivity index (χ0n) is 39.8. The van der Waals surface area contributed by atoms with E-state index in [1.165, 1.54) is 83.5 Å². The van der Waals surface area contributed by atoms with Gasteiger partial charge in [-0.2, -0.15) is 0 Å². The second-order valence-electron chi connectivity index (χ2n) is 17.1. The molecule has 9 heteroatoms. The molecule has 0 N–H and O–H groups in total. The van der Waals surface area contributed by atoms with Crippen molar-refractivity contribution in [1.29, 1.82) is 0 Å². The zero-order valence-corrected chi connectivity index (χ0v) is 40.7. The van der Waals surface area contributed by atoms with Crippen molar-refractivity contribution in [3.05, 3.63) is 85.1 Å². The zero-order chi connectivity index (χ0) is 44.8. The molecular weight excluding hydrogens is 782 g/mol. The molecule has 0 spiro atoms. The summed E-state index contributed by atoms with van der Waals surface area (Å²) in [6, 6.07) is 0. The molecule has 0 aromatic rings. The van der Waals surface area contributed by atoms with Gasteiger partial charge in [0.05, 0.1) is 34.4 Å². The summed E-state index contributed by atoms with van der Waals surface area (Å²) in [4.78, 5) is 25.1. The van der Waals surface area contributed by atoms with Crippen LogP contribution in [0.3, 0.4) is 0 Å². The second-order valence-corrected chi connectivity index (χ2v) is 18.5. The van der Waals surface area contributed by atoms with Crippen molar-refractivity contribution in [2.45, 2.75) is 187 Å². The van der Waals surface area contributed by atoms with Crippen LogP contribution < -0.4 is 4.89 Å². The highest BCUT2D eigenvalue weighted by Crippen LogP contribution is 2.38. The van der Waals surface area contributed by atoms with Crippen LogP contribution in [0, 0.1) is 0 Å². The molecule has 8 nitrogen and oxygen atoms in total. The summed E-state index contributed by atoms with van der Waals surface area (Å²) in [6.45, 7) is 5.21. The summed E-state index contributed by atoms with van der Waals surface area (Å²) in [5.74, 6) is -0.368. The minimum Gasteiger partial charge on any atom is -0.756 e. The van der Waals surface area contributed by atoms with Crippen LogP contribution in [0.2, 0.25) is 0 Å². The van der Waals surface area contributed by atoms with Gasteiger partial charge in [0, 0.05) is 13.0 Å². The summed E-state index contributed by atoms with van der Waals surface area (Å²) in [5.41, 5.74) is 0. The van der Waals surface area contributed by atoms with Crippen LogP contribution in [-0.2, 0) is 27.9 Å². The highest BCUT2D eigenvalue weighted by Gasteiger charge is 2.20. The van der Waals surface area contributed by atoms with Gasteiger partial charge in [0.1, 0.15) is 19.3 Å². The number of allylic oxidation sites excluding steroid dienone is 14. The van der Waals surface area contributed by atoms with Crippen molar-refractivity contribution in [3.63, 3.8) is 0 Å². The normalized spacial score (nSPS) is 14.4. The monoisotopic (exact) mass is 874 g/mol. The Labute approximate surface area is 375 Å². The topological polar surface area (TPSA) is 94.1 Å². The van der Waals surface area contributed by atoms with Crippen LogP contribution in [-0.4, -0.2) is 70.7 Å². The standard InChI is InChI=1S/C52H92NO7P/c1-6-8-10-12-14-16-18-20-22-24-26-28-30-32-34-36-38-40-42-44-47-57-49-51(50-59-61(55,56)58-48-46-53(3,4)5)60-52(54)45-43-41-39-37-35-33-31-29-27-25-23-21-19-17-15-13-11-9-7-2/h9,11,14-17,20-23,27,29,33,35,51H,6-8,10,12-13,18-19,24-26,28,30-32,34,36-50H2,1-5H3/b11-9-,16-14-,17-15-,22-20-,23-21-,29-27-,35-33-. The number of rotatable bonds is 44. The Balaban J connectivity index is 4.26. The molecule has 0 aromatic carbocycles. The molecule has 0 aromatic heterocycles. The minimum atomic E-state index is -4.54. The van der Waals surface area contributed by atoms with Crippen LogP contribution >= 0.6 is 7.82 Å². The first-order valence-electron chi connectivity index (χ1n) is 24.3. The Morgan fingerprint density at radius 3 is 1.43 bits per heavy atom. The van der Waals surface area contributed by atoms with Gasteiger partial charge in [-0.25, -0.2) is 0 Å². The number of carbonyl (C=O) groups excluding carboxylic acids is 1. The van der Waals surface area contributed by atoms with E-state index >= 15 is 0 Å². The highest BCUT2D eigenvalue weighted by molar-refractivity contribution is 7.45. The molecule has 2 unspecified atom stereocenters. The summed E-state index contributed by atoms with van der Waals surface area (Å²) in [5, 5.41) is 0. The molecular formula is C52H92NO7P. The van der Waals surface area contributed by atoms with Crippen molar-refractivity contribution < 1.29 is 37.3 Å². The molecule has 0 bridgehead atoms. The van der Waals surface area contributed by atoms with Crippen molar-refractivity contribution in [2.75, 3.05) is 54.1 Å². The summed E-state index contributed by atoms with van der Waals surface area (Å²) in [7, 11) is 1.32. The van der Waals surface area contributed by atoms with Crippen LogP contribution in [0.1, 0.15) is 181 Å². The number of nitrogens with zero attached hydrogens (tertiary/aromatic N) is 1. The molecule has 0 saturated heterocycles. The number of quaternary nitrogens is 1. The number of unbranched alkanes of at least 4 members (excludes halogenated alkanes) is 16. The molecule has 0 aliphatic rings. The Bertz CT molecular complexity index is 1250. The lowest BCUT2D eigenvalue weighted by atomic mass is 10.1. The fourth-order valence-electron chi connectivity index (χ4n) is 6.19. The number of phosphoric ester groups is 1. The van der Waals surface area contributed by atoms with Gasteiger partial charge < -0.3 is 27.9 Å². The van der Waals surface area contributed by atoms with Gasteiger partial charge in [-0.3, -0.25) is 9.36 Å². The fourth-order valence-corrected chi connectivity index (χ4v) is 6.92. The predicted molar refractivity (Wildman–Crippen MR) is 258 cm³/mol. The summed E-state index contributed by atoms with van der Waals surface area (Å²) in [6.07, 6.45) is 58.9. The van der Waals surface area contributed by atoms with Gasteiger partial charge in [0.25, 0.3) is 7.82 Å². The molecule has 0 rings (SSSR count). The van der Waals surface area contributed by atoms with Crippen LogP contribution in [0.5, 0.6) is 0 Å². The first kappa shape index (κ1) is 58.7. The van der Waals surface area contributed by atoms with E-state index in [9.17, 15) is 14.3 Å². The number of phosphoric acid groups is 1. The first-order valence-corrected chi connectivity index (χ1v) is 25.8. The maximum atomic E-state index is 12.7. The molecule has 0 aliphatic heterocycles. The average molecular weight is 874 g/mol. The third kappa shape index (κ3) is 48.6. The molecule has 352 valence electrons. The Kier molecular flexibility index (Phi) is 42.6. The SMILES string of the molecule is CC/C=C\C/C=C\C/C=C\C/C=C\C/C=C\CCCCCC(=O)OC(COCCCCCCCCCCCC/C=C\C/C=C\CCCCC)COP(=O)([O-])OCC[N+](C)(C)C. The maximum Gasteiger partial charge on any atom is 0.306 e. The Morgan fingerprint density at radius 1 is 0.525 bits per heavy atom. The number of likely N-dealkylation sites (N-methyl/N-ethyl adjacent to an activating group) is 1. The third-order valence-corrected chi connectivity index (χ3v) is 10.9. The summed E-state index contributed by atoms with van der Waals surface area (Å²) >= 11 is 0. The number of ether oxygens (including phenoxy) is 2. The molecule has 0 heterocycles. The average Bonchev–Trinajstić information content (AvgIpc) is 3.22. The van der Waals surface area contributed by atoms with Gasteiger partial charge in [0.15, 0.2) is 0 Å². The fraction of sp³-hybridized carbons (Fsp3) is 0.712. The lowest BCUT2D eigenvalue weighted by Crippen LogP contribution is -2.37. The molecule has 0 aliphatic carbocycles. The minimum absolute atomic E-state index is 0.0143. The third-order valence-electron chi connectivity index (χ3n) is 9.93. The number of hydrogen-bond donors (Lipinski definition) is 0. The molecule has 0 amide bonds. The van der Waals surface area contributed by atoms with Crippen LogP contribution in [0.25, 0.3) is 0 Å². The van der Waals surface area contributed by atoms with Crippen LogP contribution in [0.4, 0.5) is 0 Å². The largest absolute Gasteiger partial charge is 0.756 e. The van der Waals surface area contributed by atoms with E-state index in [1.54, 1.807) is 0 Å². The molecule has 61 heavy (non-hydrogen) atoms. The van der Waals surface area contributed by atoms with E-state index in [2.05, 4.69) is 98.9 Å². The van der Waals surface area contributed by atoms with Gasteiger partial charge in [-0.05, 0) is 89.9 Å². The second kappa shape index (κ2) is 44.3. The van der Waals surface area contributed by atoms with Crippen molar-refractivity contribution in [3.8, 4) is 0 Å². The smallest absolute Gasteiger partial charge is 0.306 e. The number of hydrogen-bond acceptors (Lipinski definition) is 7. The van der Waals surface area contributed by atoms with Gasteiger partial charge in [-0.15, -0.1) is 0 Å². The predicted octanol–water partition coefficient (Wildman–Crippen LogP) is 14.2. The van der Waals surface area contributed by atoms with E-state index in [-0.39, 0.29) is 32.2 Å². The van der Waals surface area contributed by atoms with E-state index < -0.39 is 13.9 Å². The Hall–Kier alpha value is -2.32. The molecule has 2 atom stereocenters. The number of carbonyl (C=O) groups is 1. The maximum absolute atomic E-state index is 12.7. The van der Waals surface area contributed by atoms with Crippen LogP contribution in [0.15, 0.2) is 85.1 Å². The lowest BCUT2D eigenvalue weighted by Gasteiger charge is -2.28. The van der Waals surface area contributed by atoms with Crippen molar-refractivity contribution in [1.82, 2.24) is 0 Å². The quantitative estimate of drug-likeness (QED) is 0.0198. The van der Waals surface area contributed by atoms with E-state index in [4.69, 9.17) is 18.5 Å². The molecule has 0 radical (unpaired) electrons. The van der Waals surface area contributed by atoms with Crippen molar-refractivity contribution >= 4 is 13.8 Å². The highest BCUT2D eigenvalue weighted by atomic mass is 31.2. The van der Waals surface area contributed by atoms with E-state index in [0.29, 0.717) is 24.1 Å². The lowest BCUT2D eigenvalue weighted by molar-refractivity contribution is -0.870. The number of esters is 1. The Morgan fingerprint density at radius 2 is 0.951 bits per heavy atom. The van der Waals surface area contributed by atoms with Gasteiger partial charge in [-0.1, -0.05) is 170 Å². The van der Waals surface area contributed by atoms with Gasteiger partial charge in [0.2, 0.25) is 0 Å². The first-order chi connectivity index (χ1) is 29.6. The van der Waals surface area contributed by atoms with E-state index in [1.807, 2.05) is 21.1 Å². The van der Waals surface area contributed by atoms with Crippen molar-refractivity contribution in [2.24, 2.45) is 0 Å². The van der Waals surface area contributed by atoms with E-state index in [0.717, 1.165) is 70.6 Å².